The van der Waals surface area contributed by atoms with Gasteiger partial charge in [0.25, 0.3) is 0 Å². The van der Waals surface area contributed by atoms with Gasteiger partial charge in [0.1, 0.15) is 5.92 Å². The third kappa shape index (κ3) is 9.10. The van der Waals surface area contributed by atoms with Crippen molar-refractivity contribution in [1.29, 1.82) is 0 Å². The molecule has 25 heavy (non-hydrogen) atoms. The number of hydrogen-bond acceptors (Lipinski definition) is 1. The van der Waals surface area contributed by atoms with Crippen LogP contribution in [0.1, 0.15) is 56.6 Å². The number of aliphatic carboxylic acids is 1. The summed E-state index contributed by atoms with van der Waals surface area (Å²) in [6.07, 6.45) is 5.84. The van der Waals surface area contributed by atoms with E-state index in [1.54, 1.807) is 8.87 Å². The quantitative estimate of drug-likeness (QED) is 0.378. The maximum absolute atomic E-state index is 11.3. The van der Waals surface area contributed by atoms with Gasteiger partial charge in [-0.15, -0.1) is 0 Å². The summed E-state index contributed by atoms with van der Waals surface area (Å²) in [5.74, 6) is -1.40. The second kappa shape index (κ2) is 13.9. The van der Waals surface area contributed by atoms with Crippen LogP contribution in [-0.4, -0.2) is 32.2 Å². The van der Waals surface area contributed by atoms with Crippen LogP contribution in [0.25, 0.3) is 0 Å². The summed E-state index contributed by atoms with van der Waals surface area (Å²) in [4.78, 5) is 11.3. The van der Waals surface area contributed by atoms with Crippen LogP contribution in [0.5, 0.6) is 0 Å². The average Bonchev–Trinajstić information content (AvgIpc) is 2.64. The topological polar surface area (TPSA) is 37.3 Å². The molecule has 2 nitrogen and oxygen atoms in total. The van der Waals surface area contributed by atoms with Crippen LogP contribution in [0.2, 0.25) is 8.87 Å². The van der Waals surface area contributed by atoms with Crippen LogP contribution in [0.15, 0.2) is 60.7 Å². The number of unbranched alkanes of at least 4 members (excludes halogenated alkanes) is 2. The molecule has 0 unspecified atom stereocenters. The molecule has 1 N–H and O–H groups in total. The molecule has 0 aliphatic rings. The molecule has 0 aliphatic heterocycles. The van der Waals surface area contributed by atoms with Crippen molar-refractivity contribution in [2.24, 2.45) is 0 Å². The molecule has 0 heterocycles. The molecule has 0 aromatic heterocycles. The van der Waals surface area contributed by atoms with Crippen LogP contribution in [-0.2, 0) is 4.79 Å². The zero-order valence-corrected chi connectivity index (χ0v) is 18.3. The summed E-state index contributed by atoms with van der Waals surface area (Å²) in [7, 11) is 0. The Hall–Kier alpha value is -1.29. The minimum atomic E-state index is -0.822. The Balaban J connectivity index is 0.000000299. The first-order chi connectivity index (χ1) is 12.2. The molecule has 2 aromatic carbocycles. The van der Waals surface area contributed by atoms with Crippen LogP contribution < -0.4 is 0 Å². The SMILES string of the molecule is CCC[CH2][Sn][CH2]CCC.O=C(O)C(c1ccccc1)c1ccccc1. The van der Waals surface area contributed by atoms with E-state index in [0.29, 0.717) is 0 Å². The van der Waals surface area contributed by atoms with Crippen molar-refractivity contribution in [2.75, 3.05) is 0 Å². The number of benzene rings is 2. The summed E-state index contributed by atoms with van der Waals surface area (Å²) in [5.41, 5.74) is 1.61. The Morgan fingerprint density at radius 3 is 1.56 bits per heavy atom. The smallest absolute Gasteiger partial charge is 0.315 e. The first kappa shape index (κ1) is 21.8. The molecule has 2 aromatic rings. The molecule has 0 amide bonds. The Kier molecular flexibility index (Phi) is 12.1. The monoisotopic (exact) mass is 446 g/mol. The van der Waals surface area contributed by atoms with Crippen molar-refractivity contribution in [3.63, 3.8) is 0 Å². The Morgan fingerprint density at radius 1 is 0.840 bits per heavy atom. The second-order valence-electron chi connectivity index (χ2n) is 6.05. The van der Waals surface area contributed by atoms with Crippen LogP contribution >= 0.6 is 0 Å². The molecular formula is C22H30O2Sn. The van der Waals surface area contributed by atoms with Crippen LogP contribution in [0.4, 0.5) is 0 Å². The van der Waals surface area contributed by atoms with E-state index in [1.807, 2.05) is 60.7 Å². The van der Waals surface area contributed by atoms with Crippen molar-refractivity contribution in [3.05, 3.63) is 71.8 Å². The maximum atomic E-state index is 11.3. The van der Waals surface area contributed by atoms with Gasteiger partial charge in [-0.2, -0.15) is 0 Å². The molecule has 0 aliphatic carbocycles. The van der Waals surface area contributed by atoms with Crippen molar-refractivity contribution >= 4 is 27.1 Å². The van der Waals surface area contributed by atoms with Crippen LogP contribution in [0, 0.1) is 0 Å². The number of carboxylic acid groups (broad SMARTS) is 1. The molecule has 0 saturated heterocycles. The zero-order valence-electron chi connectivity index (χ0n) is 15.4. The zero-order chi connectivity index (χ0) is 18.3. The summed E-state index contributed by atoms with van der Waals surface area (Å²) < 4.78 is 3.25. The first-order valence-electron chi connectivity index (χ1n) is 9.24. The first-order valence-corrected chi connectivity index (χ1v) is 13.3. The molecule has 134 valence electrons. The summed E-state index contributed by atoms with van der Waals surface area (Å²) in [6, 6.07) is 18.5. The van der Waals surface area contributed by atoms with E-state index >= 15 is 0 Å². The van der Waals surface area contributed by atoms with Gasteiger partial charge < -0.3 is 5.11 Å². The third-order valence-electron chi connectivity index (χ3n) is 3.93. The fourth-order valence-corrected chi connectivity index (χ4v) is 6.66. The Bertz CT molecular complexity index is 524. The van der Waals surface area contributed by atoms with E-state index in [0.717, 1.165) is 11.1 Å². The van der Waals surface area contributed by atoms with Gasteiger partial charge in [0.15, 0.2) is 0 Å². The van der Waals surface area contributed by atoms with E-state index in [1.165, 1.54) is 25.7 Å². The third-order valence-corrected chi connectivity index (χ3v) is 7.96. The average molecular weight is 445 g/mol. The molecule has 0 fully saturated rings. The summed E-state index contributed by atoms with van der Waals surface area (Å²) >= 11 is 0.149. The molecule has 0 saturated carbocycles. The fraction of sp³-hybridized carbons (Fsp3) is 0.409. The Morgan fingerprint density at radius 2 is 1.24 bits per heavy atom. The largest absolute Gasteiger partial charge is 0.481 e. The van der Waals surface area contributed by atoms with E-state index in [-0.39, 0.29) is 21.1 Å². The molecule has 2 rings (SSSR count). The summed E-state index contributed by atoms with van der Waals surface area (Å²) in [5, 5.41) is 9.28. The Labute approximate surface area is 162 Å². The fourth-order valence-electron chi connectivity index (χ4n) is 2.50. The van der Waals surface area contributed by atoms with E-state index in [4.69, 9.17) is 0 Å². The van der Waals surface area contributed by atoms with Gasteiger partial charge >= 0.3 is 75.5 Å². The van der Waals surface area contributed by atoms with Gasteiger partial charge in [-0.05, 0) is 11.1 Å². The number of rotatable bonds is 9. The second-order valence-corrected chi connectivity index (χ2v) is 10.3. The maximum Gasteiger partial charge on any atom is 0.315 e. The van der Waals surface area contributed by atoms with Gasteiger partial charge in [0.2, 0.25) is 0 Å². The standard InChI is InChI=1S/C14H12O2.2C4H9.Sn/c15-14(16)13(11-7-3-1-4-8-11)12-9-5-2-6-10-12;2*1-3-4-2;/h1-10,13H,(H,15,16);2*1,3-4H2,2H3;. The van der Waals surface area contributed by atoms with Gasteiger partial charge in [-0.25, -0.2) is 0 Å². The predicted octanol–water partition coefficient (Wildman–Crippen LogP) is 6.03. The number of carbonyl (C=O) groups is 1. The molecular weight excluding hydrogens is 415 g/mol. The normalized spacial score (nSPS) is 10.2. The van der Waals surface area contributed by atoms with E-state index in [2.05, 4.69) is 13.8 Å². The van der Waals surface area contributed by atoms with Crippen molar-refractivity contribution in [3.8, 4) is 0 Å². The van der Waals surface area contributed by atoms with E-state index < -0.39 is 11.9 Å². The summed E-state index contributed by atoms with van der Waals surface area (Å²) in [6.45, 7) is 4.58. The number of hydrogen-bond donors (Lipinski definition) is 1. The van der Waals surface area contributed by atoms with Gasteiger partial charge in [-0.1, -0.05) is 60.7 Å². The van der Waals surface area contributed by atoms with E-state index in [9.17, 15) is 9.90 Å². The molecule has 0 atom stereocenters. The van der Waals surface area contributed by atoms with Gasteiger partial charge in [0.05, 0.1) is 0 Å². The van der Waals surface area contributed by atoms with Crippen molar-refractivity contribution in [1.82, 2.24) is 0 Å². The van der Waals surface area contributed by atoms with Crippen molar-refractivity contribution in [2.45, 2.75) is 54.3 Å². The minimum Gasteiger partial charge on any atom is -0.481 e. The van der Waals surface area contributed by atoms with Crippen LogP contribution in [0.3, 0.4) is 0 Å². The molecule has 3 heteroatoms. The molecule has 0 bridgehead atoms. The van der Waals surface area contributed by atoms with Crippen molar-refractivity contribution < 1.29 is 9.90 Å². The molecule has 2 radical (unpaired) electrons. The predicted molar refractivity (Wildman–Crippen MR) is 108 cm³/mol. The number of carboxylic acids is 1. The van der Waals surface area contributed by atoms with Gasteiger partial charge in [0, 0.05) is 0 Å². The minimum absolute atomic E-state index is 0.149. The van der Waals surface area contributed by atoms with Gasteiger partial charge in [-0.3, -0.25) is 4.79 Å². The molecule has 0 spiro atoms.